The number of fused-ring (bicyclic) bond motifs is 1. The zero-order valence-corrected chi connectivity index (χ0v) is 11.5. The van der Waals surface area contributed by atoms with Crippen LogP contribution in [0.25, 0.3) is 0 Å². The van der Waals surface area contributed by atoms with Crippen LogP contribution in [0.1, 0.15) is 11.1 Å². The number of benzene rings is 1. The molecule has 0 unspecified atom stereocenters. The van der Waals surface area contributed by atoms with Crippen molar-refractivity contribution in [3.05, 3.63) is 35.4 Å². The van der Waals surface area contributed by atoms with Crippen LogP contribution in [0.5, 0.6) is 0 Å². The van der Waals surface area contributed by atoms with Crippen LogP contribution in [-0.4, -0.2) is 42.2 Å². The molecule has 0 aromatic heterocycles. The Morgan fingerprint density at radius 1 is 1.40 bits per heavy atom. The molecule has 0 saturated heterocycles. The van der Waals surface area contributed by atoms with Gasteiger partial charge in [0, 0.05) is 0 Å². The van der Waals surface area contributed by atoms with E-state index in [-0.39, 0.29) is 3.99 Å². The van der Waals surface area contributed by atoms with Gasteiger partial charge in [-0.05, 0) is 0 Å². The molecule has 2 rings (SSSR count). The molecule has 1 heterocycles. The van der Waals surface area contributed by atoms with Crippen molar-refractivity contribution in [3.8, 4) is 0 Å². The van der Waals surface area contributed by atoms with Gasteiger partial charge in [0.2, 0.25) is 0 Å². The second-order valence-electron chi connectivity index (χ2n) is 3.54. The number of nitrogens with zero attached hydrogens (tertiary/aromatic N) is 1. The van der Waals surface area contributed by atoms with Crippen LogP contribution in [0.15, 0.2) is 24.3 Å². The van der Waals surface area contributed by atoms with Crippen LogP contribution in [0.4, 0.5) is 4.79 Å². The summed E-state index contributed by atoms with van der Waals surface area (Å²) in [6.07, 6.45) is 1.06. The normalized spacial score (nSPS) is 15.8. The first kappa shape index (κ1) is 10.9. The standard InChI is InChI=1S/C9H10N.C2H3O2.Sn/c1-2-4-9-7-10-6-5-8(9)3-1;1-4-2-3;/h1-4H,5-7H2;1H3;/q-1;;+1. The van der Waals surface area contributed by atoms with Crippen molar-refractivity contribution in [3.63, 3.8) is 0 Å². The summed E-state index contributed by atoms with van der Waals surface area (Å²) in [7, 11) is 1.47. The number of hydrogen-bond donors (Lipinski definition) is 0. The Bertz CT molecular complexity index is 367. The molecule has 0 saturated carbocycles. The summed E-state index contributed by atoms with van der Waals surface area (Å²) < 4.78 is 7.04. The topological polar surface area (TPSA) is 29.5 Å². The molecule has 0 fully saturated rings. The van der Waals surface area contributed by atoms with Crippen molar-refractivity contribution < 1.29 is 9.53 Å². The summed E-state index contributed by atoms with van der Waals surface area (Å²) in [5, 5.41) is 0. The van der Waals surface area contributed by atoms with Gasteiger partial charge in [-0.15, -0.1) is 0 Å². The predicted octanol–water partition coefficient (Wildman–Crippen LogP) is 1.43. The van der Waals surface area contributed by atoms with Gasteiger partial charge in [0.25, 0.3) is 0 Å². The van der Waals surface area contributed by atoms with Gasteiger partial charge in [-0.2, -0.15) is 0 Å². The van der Waals surface area contributed by atoms with Crippen LogP contribution < -0.4 is 0 Å². The summed E-state index contributed by atoms with van der Waals surface area (Å²) in [5.74, 6) is 0. The first-order chi connectivity index (χ1) is 7.29. The number of carbonyl (C=O) groups excluding carboxylic acids is 1. The monoisotopic (exact) mass is 311 g/mol. The van der Waals surface area contributed by atoms with Gasteiger partial charge in [0.05, 0.1) is 0 Å². The van der Waals surface area contributed by atoms with Crippen molar-refractivity contribution in [2.45, 2.75) is 13.0 Å². The fourth-order valence-corrected chi connectivity index (χ4v) is 4.11. The van der Waals surface area contributed by atoms with Crippen LogP contribution >= 0.6 is 0 Å². The second-order valence-corrected chi connectivity index (χ2v) is 7.15. The minimum absolute atomic E-state index is 0.0120. The van der Waals surface area contributed by atoms with Crippen LogP contribution in [0.2, 0.25) is 0 Å². The van der Waals surface area contributed by atoms with E-state index < -0.39 is 21.4 Å². The third-order valence-corrected chi connectivity index (χ3v) is 5.66. The molecule has 4 heteroatoms. The molecule has 0 spiro atoms. The van der Waals surface area contributed by atoms with Gasteiger partial charge in [-0.3, -0.25) is 0 Å². The van der Waals surface area contributed by atoms with E-state index in [9.17, 15) is 4.79 Å². The number of rotatable bonds is 2. The first-order valence-corrected chi connectivity index (χ1v) is 7.66. The maximum atomic E-state index is 11.2. The van der Waals surface area contributed by atoms with E-state index in [0.29, 0.717) is 0 Å². The van der Waals surface area contributed by atoms with E-state index in [1.165, 1.54) is 18.2 Å². The number of ether oxygens (including phenoxy) is 1. The van der Waals surface area contributed by atoms with Crippen molar-refractivity contribution in [1.82, 2.24) is 3.12 Å². The average molecular weight is 310 g/mol. The molecular formula is C11H13NO2Sn. The van der Waals surface area contributed by atoms with Gasteiger partial charge in [0.1, 0.15) is 0 Å². The summed E-state index contributed by atoms with van der Waals surface area (Å²) >= 11 is -1.16. The SMILES string of the molecule is CO[C](=O)[Sn][N]1CCc2ccccc2C1. The second kappa shape index (κ2) is 4.98. The van der Waals surface area contributed by atoms with Gasteiger partial charge in [0.15, 0.2) is 0 Å². The van der Waals surface area contributed by atoms with Gasteiger partial charge < -0.3 is 0 Å². The van der Waals surface area contributed by atoms with E-state index in [4.69, 9.17) is 4.74 Å². The molecule has 1 aliphatic heterocycles. The Labute approximate surface area is 100.0 Å². The van der Waals surface area contributed by atoms with E-state index in [1.54, 1.807) is 0 Å². The number of methoxy groups -OCH3 is 1. The molecule has 0 N–H and O–H groups in total. The van der Waals surface area contributed by atoms with Gasteiger partial charge in [-0.25, -0.2) is 0 Å². The van der Waals surface area contributed by atoms with E-state index in [0.717, 1.165) is 19.5 Å². The van der Waals surface area contributed by atoms with Gasteiger partial charge in [-0.1, -0.05) is 0 Å². The summed E-state index contributed by atoms with van der Waals surface area (Å²) in [6.45, 7) is 1.94. The van der Waals surface area contributed by atoms with E-state index in [2.05, 4.69) is 27.4 Å². The number of carbonyl (C=O) groups is 1. The molecule has 0 atom stereocenters. The summed E-state index contributed by atoms with van der Waals surface area (Å²) in [4.78, 5) is 11.2. The predicted molar refractivity (Wildman–Crippen MR) is 58.7 cm³/mol. The van der Waals surface area contributed by atoms with Crippen LogP contribution in [0, 0.1) is 0 Å². The fraction of sp³-hybridized carbons (Fsp3) is 0.364. The molecule has 1 aliphatic rings. The molecule has 0 amide bonds. The molecule has 0 bridgehead atoms. The molecule has 1 aromatic carbocycles. The van der Waals surface area contributed by atoms with Crippen LogP contribution in [-0.2, 0) is 17.7 Å². The zero-order chi connectivity index (χ0) is 10.7. The quantitative estimate of drug-likeness (QED) is 0.774. The van der Waals surface area contributed by atoms with Crippen molar-refractivity contribution in [2.75, 3.05) is 13.7 Å². The van der Waals surface area contributed by atoms with E-state index in [1.807, 2.05) is 0 Å². The molecule has 3 nitrogen and oxygen atoms in total. The Morgan fingerprint density at radius 2 is 2.13 bits per heavy atom. The maximum absolute atomic E-state index is 11.2. The molecule has 1 aromatic rings. The minimum atomic E-state index is -1.16. The Morgan fingerprint density at radius 3 is 2.87 bits per heavy atom. The molecule has 15 heavy (non-hydrogen) atoms. The third kappa shape index (κ3) is 2.72. The Balaban J connectivity index is 2.02. The Hall–Kier alpha value is -0.551. The molecule has 78 valence electrons. The van der Waals surface area contributed by atoms with Gasteiger partial charge >= 0.3 is 100 Å². The summed E-state index contributed by atoms with van der Waals surface area (Å²) in [6, 6.07) is 8.47. The summed E-state index contributed by atoms with van der Waals surface area (Å²) in [5.41, 5.74) is 2.80. The fourth-order valence-electron chi connectivity index (χ4n) is 1.77. The van der Waals surface area contributed by atoms with Crippen molar-refractivity contribution >= 4 is 25.4 Å². The third-order valence-electron chi connectivity index (χ3n) is 2.57. The molecule has 2 radical (unpaired) electrons. The molecular weight excluding hydrogens is 297 g/mol. The van der Waals surface area contributed by atoms with Crippen molar-refractivity contribution in [1.29, 1.82) is 0 Å². The Kier molecular flexibility index (Phi) is 3.64. The van der Waals surface area contributed by atoms with Crippen molar-refractivity contribution in [2.24, 2.45) is 0 Å². The average Bonchev–Trinajstić information content (AvgIpc) is 2.29. The zero-order valence-electron chi connectivity index (χ0n) is 8.69. The van der Waals surface area contributed by atoms with Crippen LogP contribution in [0.3, 0.4) is 0 Å². The van der Waals surface area contributed by atoms with E-state index >= 15 is 0 Å². The molecule has 0 aliphatic carbocycles. The first-order valence-electron chi connectivity index (χ1n) is 4.96. The number of hydrogen-bond acceptors (Lipinski definition) is 3.